The highest BCUT2D eigenvalue weighted by molar-refractivity contribution is 7.17. The number of carbonyl (C=O) groups is 1. The van der Waals surface area contributed by atoms with Crippen LogP contribution in [0.25, 0.3) is 10.2 Å². The van der Waals surface area contributed by atoms with Crippen LogP contribution in [0.1, 0.15) is 27.7 Å². The lowest BCUT2D eigenvalue weighted by atomic mass is 10.1. The van der Waals surface area contributed by atoms with E-state index in [-0.39, 0.29) is 12.0 Å². The average molecular weight is 299 g/mol. The molecule has 4 rings (SSSR count). The SMILES string of the molecule is COC(=O)c1ccc2c(c1)NC(c1n[nH]c3ccsc13)C2. The lowest BCUT2D eigenvalue weighted by Crippen LogP contribution is -2.06. The van der Waals surface area contributed by atoms with Gasteiger partial charge in [0, 0.05) is 12.1 Å². The maximum Gasteiger partial charge on any atom is 0.337 e. The van der Waals surface area contributed by atoms with E-state index < -0.39 is 0 Å². The van der Waals surface area contributed by atoms with Crippen LogP contribution in [0, 0.1) is 0 Å². The average Bonchev–Trinajstić information content (AvgIpc) is 3.19. The summed E-state index contributed by atoms with van der Waals surface area (Å²) in [6.45, 7) is 0. The predicted molar refractivity (Wildman–Crippen MR) is 81.8 cm³/mol. The van der Waals surface area contributed by atoms with E-state index in [1.807, 2.05) is 18.2 Å². The Morgan fingerprint density at radius 3 is 3.19 bits per heavy atom. The highest BCUT2D eigenvalue weighted by atomic mass is 32.1. The number of fused-ring (bicyclic) bond motifs is 2. The van der Waals surface area contributed by atoms with Gasteiger partial charge < -0.3 is 10.1 Å². The third-order valence-corrected chi connectivity index (χ3v) is 4.75. The van der Waals surface area contributed by atoms with E-state index in [9.17, 15) is 4.79 Å². The number of nitrogens with one attached hydrogen (secondary N) is 2. The Morgan fingerprint density at radius 2 is 2.33 bits per heavy atom. The van der Waals surface area contributed by atoms with E-state index in [0.717, 1.165) is 23.3 Å². The van der Waals surface area contributed by atoms with E-state index in [1.165, 1.54) is 17.4 Å². The molecule has 0 radical (unpaired) electrons. The first-order chi connectivity index (χ1) is 10.3. The van der Waals surface area contributed by atoms with E-state index in [4.69, 9.17) is 4.74 Å². The standard InChI is InChI=1S/C15H13N3O2S/c1-20-15(19)9-3-2-8-6-12(16-11(8)7-9)13-14-10(17-18-13)4-5-21-14/h2-5,7,12,16H,6H2,1H3,(H,17,18). The number of H-pyrrole nitrogens is 1. The summed E-state index contributed by atoms with van der Waals surface area (Å²) < 4.78 is 5.95. The zero-order valence-electron chi connectivity index (χ0n) is 11.3. The molecule has 1 unspecified atom stereocenters. The molecule has 3 heterocycles. The van der Waals surface area contributed by atoms with Crippen LogP contribution >= 0.6 is 11.3 Å². The number of methoxy groups -OCH3 is 1. The van der Waals surface area contributed by atoms with Gasteiger partial charge >= 0.3 is 5.97 Å². The number of aromatic nitrogens is 2. The van der Waals surface area contributed by atoms with Crippen molar-refractivity contribution in [1.29, 1.82) is 0 Å². The summed E-state index contributed by atoms with van der Waals surface area (Å²) in [5.41, 5.74) is 4.85. The second kappa shape index (κ2) is 4.60. The number of nitrogens with zero attached hydrogens (tertiary/aromatic N) is 1. The lowest BCUT2D eigenvalue weighted by Gasteiger charge is -2.08. The monoisotopic (exact) mass is 299 g/mol. The molecule has 6 heteroatoms. The van der Waals surface area contributed by atoms with Crippen molar-refractivity contribution in [3.8, 4) is 0 Å². The third kappa shape index (κ3) is 1.91. The molecule has 0 amide bonds. The third-order valence-electron chi connectivity index (χ3n) is 3.81. The topological polar surface area (TPSA) is 67.0 Å². The minimum Gasteiger partial charge on any atom is -0.465 e. The van der Waals surface area contributed by atoms with Gasteiger partial charge in [-0.05, 0) is 29.1 Å². The smallest absolute Gasteiger partial charge is 0.337 e. The van der Waals surface area contributed by atoms with Gasteiger partial charge in [0.1, 0.15) is 5.69 Å². The normalized spacial score (nSPS) is 16.7. The molecule has 1 atom stereocenters. The molecule has 0 spiro atoms. The molecule has 0 fully saturated rings. The van der Waals surface area contributed by atoms with Crippen LogP contribution in [-0.4, -0.2) is 23.3 Å². The molecule has 1 aliphatic heterocycles. The Labute approximate surface area is 124 Å². The molecule has 3 aromatic rings. The molecule has 2 N–H and O–H groups in total. The molecule has 21 heavy (non-hydrogen) atoms. The summed E-state index contributed by atoms with van der Waals surface area (Å²) in [5.74, 6) is -0.316. The largest absolute Gasteiger partial charge is 0.465 e. The number of aromatic amines is 1. The van der Waals surface area contributed by atoms with Crippen molar-refractivity contribution in [2.24, 2.45) is 0 Å². The Hall–Kier alpha value is -2.34. The van der Waals surface area contributed by atoms with Crippen LogP contribution in [0.15, 0.2) is 29.6 Å². The van der Waals surface area contributed by atoms with Crippen molar-refractivity contribution in [2.75, 3.05) is 12.4 Å². The molecule has 0 saturated heterocycles. The number of rotatable bonds is 2. The van der Waals surface area contributed by atoms with Crippen molar-refractivity contribution in [2.45, 2.75) is 12.5 Å². The van der Waals surface area contributed by atoms with Crippen molar-refractivity contribution < 1.29 is 9.53 Å². The Bertz CT molecular complexity index is 836. The highest BCUT2D eigenvalue weighted by Crippen LogP contribution is 2.37. The molecule has 0 saturated carbocycles. The number of hydrogen-bond acceptors (Lipinski definition) is 5. The van der Waals surface area contributed by atoms with Gasteiger partial charge in [0.2, 0.25) is 0 Å². The van der Waals surface area contributed by atoms with Gasteiger partial charge in [0.05, 0.1) is 28.9 Å². The van der Waals surface area contributed by atoms with Gasteiger partial charge in [-0.3, -0.25) is 5.10 Å². The van der Waals surface area contributed by atoms with Gasteiger partial charge in [-0.15, -0.1) is 11.3 Å². The number of hydrogen-bond donors (Lipinski definition) is 2. The number of anilines is 1. The quantitative estimate of drug-likeness (QED) is 0.713. The van der Waals surface area contributed by atoms with Crippen LogP contribution in [0.2, 0.25) is 0 Å². The first kappa shape index (κ1) is 12.4. The maximum atomic E-state index is 11.6. The molecule has 0 bridgehead atoms. The molecule has 106 valence electrons. The maximum absolute atomic E-state index is 11.6. The Kier molecular flexibility index (Phi) is 2.71. The van der Waals surface area contributed by atoms with Crippen molar-refractivity contribution in [1.82, 2.24) is 10.2 Å². The number of carbonyl (C=O) groups excluding carboxylic acids is 1. The van der Waals surface area contributed by atoms with Gasteiger partial charge in [-0.2, -0.15) is 5.10 Å². The number of benzene rings is 1. The lowest BCUT2D eigenvalue weighted by molar-refractivity contribution is 0.0601. The zero-order chi connectivity index (χ0) is 14.4. The molecule has 1 aromatic carbocycles. The van der Waals surface area contributed by atoms with Crippen LogP contribution in [-0.2, 0) is 11.2 Å². The summed E-state index contributed by atoms with van der Waals surface area (Å²) in [5, 5.41) is 13.0. The zero-order valence-corrected chi connectivity index (χ0v) is 12.2. The fourth-order valence-electron chi connectivity index (χ4n) is 2.76. The number of ether oxygens (including phenoxy) is 1. The molecule has 1 aliphatic rings. The minimum atomic E-state index is -0.316. The Morgan fingerprint density at radius 1 is 1.43 bits per heavy atom. The molecule has 5 nitrogen and oxygen atoms in total. The molecule has 2 aromatic heterocycles. The fourth-order valence-corrected chi connectivity index (χ4v) is 3.65. The van der Waals surface area contributed by atoms with E-state index in [0.29, 0.717) is 5.56 Å². The van der Waals surface area contributed by atoms with Crippen LogP contribution in [0.4, 0.5) is 5.69 Å². The van der Waals surface area contributed by atoms with E-state index >= 15 is 0 Å². The summed E-state index contributed by atoms with van der Waals surface area (Å²) in [6.07, 6.45) is 0.870. The van der Waals surface area contributed by atoms with Gasteiger partial charge in [-0.1, -0.05) is 6.07 Å². The number of thiophene rings is 1. The first-order valence-corrected chi connectivity index (χ1v) is 7.53. The van der Waals surface area contributed by atoms with Gasteiger partial charge in [0.15, 0.2) is 0 Å². The van der Waals surface area contributed by atoms with Crippen LogP contribution < -0.4 is 5.32 Å². The summed E-state index contributed by atoms with van der Waals surface area (Å²) in [4.78, 5) is 11.6. The molecular formula is C15H13N3O2S. The van der Waals surface area contributed by atoms with Gasteiger partial charge in [0.25, 0.3) is 0 Å². The van der Waals surface area contributed by atoms with E-state index in [1.54, 1.807) is 17.4 Å². The number of esters is 1. The van der Waals surface area contributed by atoms with Crippen LogP contribution in [0.3, 0.4) is 0 Å². The molecule has 0 aliphatic carbocycles. The summed E-state index contributed by atoms with van der Waals surface area (Å²) in [6, 6.07) is 7.81. The first-order valence-electron chi connectivity index (χ1n) is 6.65. The van der Waals surface area contributed by atoms with Crippen LogP contribution in [0.5, 0.6) is 0 Å². The highest BCUT2D eigenvalue weighted by Gasteiger charge is 2.26. The second-order valence-electron chi connectivity index (χ2n) is 5.04. The van der Waals surface area contributed by atoms with Gasteiger partial charge in [-0.25, -0.2) is 4.79 Å². The predicted octanol–water partition coefficient (Wildman–Crippen LogP) is 3.12. The Balaban J connectivity index is 1.68. The van der Waals surface area contributed by atoms with Crippen molar-refractivity contribution >= 4 is 33.2 Å². The van der Waals surface area contributed by atoms with Crippen molar-refractivity contribution in [3.63, 3.8) is 0 Å². The second-order valence-corrected chi connectivity index (χ2v) is 5.95. The van der Waals surface area contributed by atoms with Crippen molar-refractivity contribution in [3.05, 3.63) is 46.5 Å². The fraction of sp³-hybridized carbons (Fsp3) is 0.200. The summed E-state index contributed by atoms with van der Waals surface area (Å²) in [7, 11) is 1.39. The minimum absolute atomic E-state index is 0.139. The molecular weight excluding hydrogens is 286 g/mol. The summed E-state index contributed by atoms with van der Waals surface area (Å²) >= 11 is 1.69. The van der Waals surface area contributed by atoms with E-state index in [2.05, 4.69) is 20.9 Å².